The zero-order chi connectivity index (χ0) is 17.5. The summed E-state index contributed by atoms with van der Waals surface area (Å²) in [6.07, 6.45) is 3.74. The molecule has 0 amide bonds. The molecular formula is C15H21N3O5S. The van der Waals surface area contributed by atoms with Crippen molar-refractivity contribution in [3.8, 4) is 5.88 Å². The van der Waals surface area contributed by atoms with Crippen molar-refractivity contribution in [1.29, 1.82) is 0 Å². The fourth-order valence-corrected chi connectivity index (χ4v) is 3.63. The molecule has 3 aliphatic heterocycles. The fraction of sp³-hybridized carbons (Fsp3) is 0.600. The largest absolute Gasteiger partial charge is 0.478 e. The molecule has 24 heavy (non-hydrogen) atoms. The van der Waals surface area contributed by atoms with Gasteiger partial charge in [0.25, 0.3) is 0 Å². The Morgan fingerprint density at radius 1 is 1.25 bits per heavy atom. The Morgan fingerprint density at radius 2 is 1.88 bits per heavy atom. The lowest BCUT2D eigenvalue weighted by atomic mass is 9.77. The van der Waals surface area contributed by atoms with Crippen LogP contribution in [0.2, 0.25) is 0 Å². The number of fused-ring (bicyclic) bond motifs is 3. The van der Waals surface area contributed by atoms with Gasteiger partial charge in [-0.2, -0.15) is 4.37 Å². The molecule has 3 aliphatic rings. The first-order valence-corrected chi connectivity index (χ1v) is 8.55. The van der Waals surface area contributed by atoms with Crippen LogP contribution in [0.3, 0.4) is 0 Å². The van der Waals surface area contributed by atoms with Crippen LogP contribution in [0.25, 0.3) is 0 Å². The Bertz CT molecular complexity index is 580. The molecule has 0 aromatic carbocycles. The van der Waals surface area contributed by atoms with Crippen LogP contribution in [0.4, 0.5) is 0 Å². The number of hydrogen-bond donors (Lipinski definition) is 2. The van der Waals surface area contributed by atoms with Crippen molar-refractivity contribution in [3.05, 3.63) is 17.8 Å². The Hall–Kier alpha value is -2.00. The van der Waals surface area contributed by atoms with Gasteiger partial charge in [0.15, 0.2) is 0 Å². The molecule has 1 aromatic heterocycles. The van der Waals surface area contributed by atoms with E-state index in [0.717, 1.165) is 24.0 Å². The first-order chi connectivity index (χ1) is 11.5. The van der Waals surface area contributed by atoms with E-state index in [1.165, 1.54) is 37.7 Å². The van der Waals surface area contributed by atoms with Crippen LogP contribution in [0, 0.1) is 5.92 Å². The van der Waals surface area contributed by atoms with E-state index >= 15 is 0 Å². The summed E-state index contributed by atoms with van der Waals surface area (Å²) in [6.45, 7) is 6.36. The summed E-state index contributed by atoms with van der Waals surface area (Å²) >= 11 is 1.28. The van der Waals surface area contributed by atoms with Gasteiger partial charge in [-0.3, -0.25) is 0 Å². The van der Waals surface area contributed by atoms with E-state index in [1.807, 2.05) is 6.92 Å². The smallest absolute Gasteiger partial charge is 0.328 e. The molecule has 3 fully saturated rings. The minimum atomic E-state index is -1.26. The zero-order valence-corrected chi connectivity index (χ0v) is 14.2. The average molecular weight is 355 g/mol. The summed E-state index contributed by atoms with van der Waals surface area (Å²) in [5, 5.41) is 15.6. The monoisotopic (exact) mass is 355 g/mol. The van der Waals surface area contributed by atoms with Gasteiger partial charge in [0, 0.05) is 24.6 Å². The highest BCUT2D eigenvalue weighted by Gasteiger charge is 2.38. The molecular weight excluding hydrogens is 334 g/mol. The molecule has 0 saturated carbocycles. The summed E-state index contributed by atoms with van der Waals surface area (Å²) in [5.74, 6) is -0.373. The number of nitrogens with zero attached hydrogens (tertiary/aromatic N) is 3. The summed E-state index contributed by atoms with van der Waals surface area (Å²) in [5.41, 5.74) is 1.11. The SMILES string of the molecule is CCOc1nsnc1C1CN2CCC1CC2.O=C(O)C=CC(=O)O. The third-order valence-electron chi connectivity index (χ3n) is 4.14. The van der Waals surface area contributed by atoms with Crippen LogP contribution in [0.15, 0.2) is 12.2 Å². The van der Waals surface area contributed by atoms with E-state index < -0.39 is 11.9 Å². The van der Waals surface area contributed by atoms with Gasteiger partial charge in [-0.15, -0.1) is 4.37 Å². The normalized spacial score (nSPS) is 25.1. The van der Waals surface area contributed by atoms with Crippen molar-refractivity contribution in [3.63, 3.8) is 0 Å². The molecule has 9 heteroatoms. The van der Waals surface area contributed by atoms with Crippen LogP contribution in [0.5, 0.6) is 5.88 Å². The third-order valence-corrected chi connectivity index (χ3v) is 4.66. The maximum absolute atomic E-state index is 9.55. The predicted octanol–water partition coefficient (Wildman–Crippen LogP) is 1.46. The maximum Gasteiger partial charge on any atom is 0.328 e. The lowest BCUT2D eigenvalue weighted by Crippen LogP contribution is -2.46. The highest BCUT2D eigenvalue weighted by atomic mass is 32.1. The van der Waals surface area contributed by atoms with Gasteiger partial charge in [0.2, 0.25) is 5.88 Å². The van der Waals surface area contributed by atoms with Crippen LogP contribution in [0.1, 0.15) is 31.4 Å². The number of carbonyl (C=O) groups is 2. The summed E-state index contributed by atoms with van der Waals surface area (Å²) in [4.78, 5) is 21.6. The maximum atomic E-state index is 9.55. The molecule has 1 atom stereocenters. The number of aromatic nitrogens is 2. The number of piperidine rings is 3. The number of ether oxygens (including phenoxy) is 1. The van der Waals surface area contributed by atoms with Gasteiger partial charge in [0.05, 0.1) is 18.3 Å². The van der Waals surface area contributed by atoms with Crippen molar-refractivity contribution in [2.75, 3.05) is 26.2 Å². The molecule has 8 nitrogen and oxygen atoms in total. The second-order valence-corrected chi connectivity index (χ2v) is 6.17. The van der Waals surface area contributed by atoms with Crippen molar-refractivity contribution in [2.24, 2.45) is 5.92 Å². The van der Waals surface area contributed by atoms with E-state index in [9.17, 15) is 9.59 Å². The quantitative estimate of drug-likeness (QED) is 0.763. The molecule has 0 spiro atoms. The molecule has 0 radical (unpaired) electrons. The number of carboxylic acid groups (broad SMARTS) is 2. The van der Waals surface area contributed by atoms with Crippen LogP contribution >= 0.6 is 11.7 Å². The predicted molar refractivity (Wildman–Crippen MR) is 87.4 cm³/mol. The first kappa shape index (κ1) is 18.3. The van der Waals surface area contributed by atoms with Crippen molar-refractivity contribution >= 4 is 23.7 Å². The molecule has 2 bridgehead atoms. The van der Waals surface area contributed by atoms with Gasteiger partial charge in [0.1, 0.15) is 5.69 Å². The van der Waals surface area contributed by atoms with Crippen molar-refractivity contribution in [2.45, 2.75) is 25.7 Å². The van der Waals surface area contributed by atoms with E-state index in [2.05, 4.69) is 13.6 Å². The second-order valence-electron chi connectivity index (χ2n) is 5.64. The lowest BCUT2D eigenvalue weighted by Gasteiger charge is -2.44. The third kappa shape index (κ3) is 5.00. The van der Waals surface area contributed by atoms with Gasteiger partial charge in [-0.25, -0.2) is 9.59 Å². The lowest BCUT2D eigenvalue weighted by molar-refractivity contribution is -0.134. The van der Waals surface area contributed by atoms with Crippen molar-refractivity contribution < 1.29 is 24.5 Å². The number of aliphatic carboxylic acids is 2. The molecule has 2 N–H and O–H groups in total. The zero-order valence-electron chi connectivity index (χ0n) is 13.4. The van der Waals surface area contributed by atoms with Crippen molar-refractivity contribution in [1.82, 2.24) is 13.6 Å². The molecule has 1 unspecified atom stereocenters. The van der Waals surface area contributed by atoms with E-state index in [0.29, 0.717) is 24.7 Å². The van der Waals surface area contributed by atoms with Crippen LogP contribution in [-0.2, 0) is 9.59 Å². The number of carboxylic acids is 2. The van der Waals surface area contributed by atoms with E-state index in [-0.39, 0.29) is 0 Å². The van der Waals surface area contributed by atoms with E-state index in [1.54, 1.807) is 0 Å². The minimum Gasteiger partial charge on any atom is -0.478 e. The highest BCUT2D eigenvalue weighted by molar-refractivity contribution is 6.99. The summed E-state index contributed by atoms with van der Waals surface area (Å²) in [7, 11) is 0. The second kappa shape index (κ2) is 8.74. The molecule has 1 aromatic rings. The fourth-order valence-electron chi connectivity index (χ4n) is 3.07. The first-order valence-electron chi connectivity index (χ1n) is 7.82. The number of hydrogen-bond acceptors (Lipinski definition) is 7. The topological polar surface area (TPSA) is 113 Å². The Kier molecular flexibility index (Phi) is 6.68. The standard InChI is InChI=1S/C11H17N3OS.C4H4O4/c1-2-15-11-10(12-16-13-11)9-7-14-5-3-8(9)4-6-14;5-3(6)1-2-4(7)8/h8-9H,2-7H2,1H3;1-2H,(H,5,6)(H,7,8). The summed E-state index contributed by atoms with van der Waals surface area (Å²) in [6, 6.07) is 0. The average Bonchev–Trinajstić information content (AvgIpc) is 3.03. The molecule has 4 rings (SSSR count). The minimum absolute atomic E-state index is 0.558. The summed E-state index contributed by atoms with van der Waals surface area (Å²) < 4.78 is 14.3. The molecule has 0 aliphatic carbocycles. The van der Waals surface area contributed by atoms with Gasteiger partial charge in [-0.1, -0.05) is 0 Å². The van der Waals surface area contributed by atoms with Gasteiger partial charge < -0.3 is 19.8 Å². The molecule has 4 heterocycles. The highest BCUT2D eigenvalue weighted by Crippen LogP contribution is 2.41. The molecule has 132 valence electrons. The number of rotatable bonds is 5. The van der Waals surface area contributed by atoms with Crippen LogP contribution in [-0.4, -0.2) is 62.0 Å². The van der Waals surface area contributed by atoms with Gasteiger partial charge in [-0.05, 0) is 38.8 Å². The molecule has 3 saturated heterocycles. The van der Waals surface area contributed by atoms with Crippen LogP contribution < -0.4 is 4.74 Å². The Balaban J connectivity index is 0.000000224. The Morgan fingerprint density at radius 3 is 2.33 bits per heavy atom. The van der Waals surface area contributed by atoms with E-state index in [4.69, 9.17) is 14.9 Å². The Labute approximate surface area is 144 Å². The van der Waals surface area contributed by atoms with Gasteiger partial charge >= 0.3 is 11.9 Å².